The second-order valence-corrected chi connectivity index (χ2v) is 4.97. The Morgan fingerprint density at radius 3 is 3.07 bits per heavy atom. The number of rotatable bonds is 2. The van der Waals surface area contributed by atoms with Crippen LogP contribution in [0.15, 0.2) is 28.9 Å². The topological polar surface area (TPSA) is 29.9 Å². The number of aromatic nitrogens is 2. The molecule has 1 N–H and O–H groups in total. The summed E-state index contributed by atoms with van der Waals surface area (Å²) in [6.07, 6.45) is 1.94. The van der Waals surface area contributed by atoms with Crippen LogP contribution < -0.4 is 5.32 Å². The molecule has 0 aliphatic carbocycles. The van der Waals surface area contributed by atoms with Gasteiger partial charge in [0.05, 0.1) is 11.7 Å². The second-order valence-electron chi connectivity index (χ2n) is 4.05. The first-order chi connectivity index (χ1) is 7.33. The Kier molecular flexibility index (Phi) is 2.25. The molecule has 1 aliphatic heterocycles. The molecule has 0 radical (unpaired) electrons. The summed E-state index contributed by atoms with van der Waals surface area (Å²) >= 11 is 3.47. The van der Waals surface area contributed by atoms with Crippen molar-refractivity contribution in [3.63, 3.8) is 0 Å². The normalized spacial score (nSPS) is 16.9. The minimum Gasteiger partial charge on any atom is -0.316 e. The molecule has 1 aromatic heterocycles. The Balaban J connectivity index is 1.96. The third-order valence-electron chi connectivity index (χ3n) is 2.90. The van der Waals surface area contributed by atoms with Gasteiger partial charge < -0.3 is 5.32 Å². The van der Waals surface area contributed by atoms with Gasteiger partial charge in [-0.15, -0.1) is 0 Å². The molecule has 0 atom stereocenters. The Morgan fingerprint density at radius 1 is 1.47 bits per heavy atom. The molecule has 1 saturated heterocycles. The van der Waals surface area contributed by atoms with E-state index in [4.69, 9.17) is 0 Å². The average Bonchev–Trinajstić information content (AvgIpc) is 2.54. The van der Waals surface area contributed by atoms with E-state index >= 15 is 0 Å². The molecule has 1 aliphatic rings. The molecule has 3 rings (SSSR count). The molecule has 0 saturated carbocycles. The molecule has 0 amide bonds. The molecule has 1 fully saturated rings. The molecule has 3 nitrogen and oxygen atoms in total. The van der Waals surface area contributed by atoms with Gasteiger partial charge in [-0.2, -0.15) is 5.10 Å². The van der Waals surface area contributed by atoms with Crippen LogP contribution >= 0.6 is 15.9 Å². The maximum absolute atomic E-state index is 4.43. The zero-order chi connectivity index (χ0) is 10.3. The lowest BCUT2D eigenvalue weighted by atomic mass is 10.0. The number of nitrogens with one attached hydrogen (secondary N) is 1. The minimum atomic E-state index is 0.747. The van der Waals surface area contributed by atoms with Gasteiger partial charge in [0, 0.05) is 35.4 Å². The van der Waals surface area contributed by atoms with Gasteiger partial charge in [-0.25, -0.2) is 0 Å². The molecular formula is C11H12BrN3. The molecule has 0 bridgehead atoms. The lowest BCUT2D eigenvalue weighted by molar-refractivity contribution is 0.299. The van der Waals surface area contributed by atoms with Crippen molar-refractivity contribution in [2.45, 2.75) is 6.54 Å². The lowest BCUT2D eigenvalue weighted by Gasteiger charge is -2.27. The van der Waals surface area contributed by atoms with Crippen molar-refractivity contribution < 1.29 is 0 Å². The predicted molar refractivity (Wildman–Crippen MR) is 63.8 cm³/mol. The second kappa shape index (κ2) is 3.61. The van der Waals surface area contributed by atoms with Crippen LogP contribution in [0.4, 0.5) is 0 Å². The van der Waals surface area contributed by atoms with Crippen molar-refractivity contribution >= 4 is 26.8 Å². The van der Waals surface area contributed by atoms with Gasteiger partial charge in [0.25, 0.3) is 0 Å². The fourth-order valence-corrected chi connectivity index (χ4v) is 2.30. The van der Waals surface area contributed by atoms with Crippen LogP contribution in [-0.2, 0) is 6.54 Å². The van der Waals surface area contributed by atoms with Crippen LogP contribution in [0.3, 0.4) is 0 Å². The Hall–Kier alpha value is -0.870. The quantitative estimate of drug-likeness (QED) is 0.901. The van der Waals surface area contributed by atoms with Crippen LogP contribution in [0.1, 0.15) is 0 Å². The lowest BCUT2D eigenvalue weighted by Crippen LogP contribution is -2.44. The van der Waals surface area contributed by atoms with Gasteiger partial charge in [-0.3, -0.25) is 4.68 Å². The number of benzene rings is 1. The largest absolute Gasteiger partial charge is 0.316 e. The summed E-state index contributed by atoms with van der Waals surface area (Å²) in [5.74, 6) is 0.747. The fourth-order valence-electron chi connectivity index (χ4n) is 1.93. The molecule has 0 unspecified atom stereocenters. The van der Waals surface area contributed by atoms with Gasteiger partial charge >= 0.3 is 0 Å². The summed E-state index contributed by atoms with van der Waals surface area (Å²) in [5, 5.41) is 8.91. The van der Waals surface area contributed by atoms with E-state index in [1.54, 1.807) is 0 Å². The number of hydrogen-bond acceptors (Lipinski definition) is 2. The van der Waals surface area contributed by atoms with Crippen molar-refractivity contribution in [2.24, 2.45) is 5.92 Å². The van der Waals surface area contributed by atoms with Crippen LogP contribution in [0.5, 0.6) is 0 Å². The standard InChI is InChI=1S/C11H12BrN3/c12-10-1-2-11-9(3-10)6-14-15(11)7-8-4-13-5-8/h1-3,6,8,13H,4-5,7H2. The maximum atomic E-state index is 4.43. The van der Waals surface area contributed by atoms with Crippen LogP contribution in [0.2, 0.25) is 0 Å². The minimum absolute atomic E-state index is 0.747. The monoisotopic (exact) mass is 265 g/mol. The van der Waals surface area contributed by atoms with Crippen LogP contribution in [0.25, 0.3) is 10.9 Å². The third kappa shape index (κ3) is 1.68. The van der Waals surface area contributed by atoms with Crippen molar-refractivity contribution in [2.75, 3.05) is 13.1 Å². The van der Waals surface area contributed by atoms with Gasteiger partial charge in [0.2, 0.25) is 0 Å². The van der Waals surface area contributed by atoms with E-state index in [1.807, 2.05) is 6.20 Å². The third-order valence-corrected chi connectivity index (χ3v) is 3.39. The predicted octanol–water partition coefficient (Wildman–Crippen LogP) is 2.02. The van der Waals surface area contributed by atoms with Crippen LogP contribution in [-0.4, -0.2) is 22.9 Å². The Bertz CT molecular complexity index is 488. The number of nitrogens with zero attached hydrogens (tertiary/aromatic N) is 2. The van der Waals surface area contributed by atoms with E-state index in [1.165, 1.54) is 10.9 Å². The summed E-state index contributed by atoms with van der Waals surface area (Å²) in [6, 6.07) is 6.30. The van der Waals surface area contributed by atoms with E-state index in [9.17, 15) is 0 Å². The van der Waals surface area contributed by atoms with Crippen molar-refractivity contribution in [3.8, 4) is 0 Å². The highest BCUT2D eigenvalue weighted by Crippen LogP contribution is 2.20. The van der Waals surface area contributed by atoms with E-state index in [-0.39, 0.29) is 0 Å². The van der Waals surface area contributed by atoms with Crippen LogP contribution in [0, 0.1) is 5.92 Å². The SMILES string of the molecule is Brc1ccc2c(cnn2CC2CNC2)c1. The van der Waals surface area contributed by atoms with Gasteiger partial charge in [0.15, 0.2) is 0 Å². The molecule has 78 valence electrons. The van der Waals surface area contributed by atoms with Gasteiger partial charge in [0.1, 0.15) is 0 Å². The van der Waals surface area contributed by atoms with E-state index in [2.05, 4.69) is 49.2 Å². The average molecular weight is 266 g/mol. The molecular weight excluding hydrogens is 254 g/mol. The Labute approximate surface area is 96.6 Å². The number of hydrogen-bond donors (Lipinski definition) is 1. The highest BCUT2D eigenvalue weighted by Gasteiger charge is 2.18. The van der Waals surface area contributed by atoms with Gasteiger partial charge in [-0.05, 0) is 18.2 Å². The number of halogens is 1. The fraction of sp³-hybridized carbons (Fsp3) is 0.364. The van der Waals surface area contributed by atoms with Gasteiger partial charge in [-0.1, -0.05) is 15.9 Å². The van der Waals surface area contributed by atoms with E-state index in [0.717, 1.165) is 30.0 Å². The summed E-state index contributed by atoms with van der Waals surface area (Å²) in [7, 11) is 0. The smallest absolute Gasteiger partial charge is 0.0683 e. The van der Waals surface area contributed by atoms with E-state index < -0.39 is 0 Å². The molecule has 15 heavy (non-hydrogen) atoms. The zero-order valence-electron chi connectivity index (χ0n) is 8.28. The summed E-state index contributed by atoms with van der Waals surface area (Å²) in [4.78, 5) is 0. The zero-order valence-corrected chi connectivity index (χ0v) is 9.87. The summed E-state index contributed by atoms with van der Waals surface area (Å²) in [6.45, 7) is 3.27. The maximum Gasteiger partial charge on any atom is 0.0683 e. The molecule has 0 spiro atoms. The summed E-state index contributed by atoms with van der Waals surface area (Å²) in [5.41, 5.74) is 1.23. The van der Waals surface area contributed by atoms with Crippen molar-refractivity contribution in [1.29, 1.82) is 0 Å². The molecule has 2 aromatic rings. The first-order valence-corrected chi connectivity index (χ1v) is 5.94. The molecule has 4 heteroatoms. The van der Waals surface area contributed by atoms with Crippen molar-refractivity contribution in [1.82, 2.24) is 15.1 Å². The first-order valence-electron chi connectivity index (χ1n) is 5.15. The Morgan fingerprint density at radius 2 is 2.33 bits per heavy atom. The highest BCUT2D eigenvalue weighted by atomic mass is 79.9. The molecule has 1 aromatic carbocycles. The highest BCUT2D eigenvalue weighted by molar-refractivity contribution is 9.10. The summed E-state index contributed by atoms with van der Waals surface area (Å²) < 4.78 is 3.22. The molecule has 2 heterocycles. The van der Waals surface area contributed by atoms with Crippen molar-refractivity contribution in [3.05, 3.63) is 28.9 Å². The first kappa shape index (κ1) is 9.36. The number of fused-ring (bicyclic) bond motifs is 1. The van der Waals surface area contributed by atoms with E-state index in [0.29, 0.717) is 0 Å².